The Morgan fingerprint density at radius 1 is 1.00 bits per heavy atom. The van der Waals surface area contributed by atoms with Gasteiger partial charge in [0.05, 0.1) is 16.1 Å². The molecule has 2 aliphatic heterocycles. The van der Waals surface area contributed by atoms with Gasteiger partial charge in [-0.15, -0.1) is 0 Å². The molecule has 0 bridgehead atoms. The van der Waals surface area contributed by atoms with E-state index in [4.69, 9.17) is 0 Å². The number of hydrogen-bond acceptors (Lipinski definition) is 3. The average molecular weight is 417 g/mol. The first-order chi connectivity index (χ1) is 14.7. The molecule has 1 aromatic heterocycles. The first-order valence-electron chi connectivity index (χ1n) is 11.1. The van der Waals surface area contributed by atoms with Gasteiger partial charge in [-0.2, -0.15) is 4.57 Å². The molecule has 0 unspecified atom stereocenters. The fourth-order valence-electron chi connectivity index (χ4n) is 4.70. The normalized spacial score (nSPS) is 17.9. The highest BCUT2D eigenvalue weighted by Crippen LogP contribution is 2.46. The van der Waals surface area contributed by atoms with Crippen molar-refractivity contribution >= 4 is 34.4 Å². The zero-order valence-corrected chi connectivity index (χ0v) is 18.8. The average Bonchev–Trinajstić information content (AvgIpc) is 3.40. The smallest absolute Gasteiger partial charge is 0.213 e. The molecule has 3 nitrogen and oxygen atoms in total. The van der Waals surface area contributed by atoms with Gasteiger partial charge in [0.25, 0.3) is 0 Å². The first kappa shape index (κ1) is 19.7. The van der Waals surface area contributed by atoms with E-state index in [1.54, 1.807) is 0 Å². The lowest BCUT2D eigenvalue weighted by Gasteiger charge is -2.22. The van der Waals surface area contributed by atoms with Gasteiger partial charge in [-0.05, 0) is 68.7 Å². The summed E-state index contributed by atoms with van der Waals surface area (Å²) in [5.74, 6) is 0. The Bertz CT molecular complexity index is 1100. The predicted octanol–water partition coefficient (Wildman–Crippen LogP) is 5.37. The number of rotatable bonds is 5. The van der Waals surface area contributed by atoms with Gasteiger partial charge in [-0.3, -0.25) is 0 Å². The summed E-state index contributed by atoms with van der Waals surface area (Å²) in [6.45, 7) is 7.03. The third-order valence-electron chi connectivity index (χ3n) is 6.44. The van der Waals surface area contributed by atoms with Crippen molar-refractivity contribution < 1.29 is 4.57 Å². The SMILES string of the molecule is Cc1cc(/C=C2\Sc3ccccc3N2CCCN2CCCC2)c2ccccc2[n+]1C. The van der Waals surface area contributed by atoms with E-state index >= 15 is 0 Å². The van der Waals surface area contributed by atoms with Crippen molar-refractivity contribution in [3.05, 3.63) is 70.9 Å². The Morgan fingerprint density at radius 3 is 2.63 bits per heavy atom. The fourth-order valence-corrected chi connectivity index (χ4v) is 5.84. The maximum absolute atomic E-state index is 2.62. The lowest BCUT2D eigenvalue weighted by molar-refractivity contribution is -0.651. The molecule has 3 heterocycles. The molecule has 0 atom stereocenters. The highest BCUT2D eigenvalue weighted by atomic mass is 32.2. The topological polar surface area (TPSA) is 10.4 Å². The van der Waals surface area contributed by atoms with Crippen molar-refractivity contribution in [2.45, 2.75) is 31.1 Å². The Hall–Kier alpha value is -2.30. The van der Waals surface area contributed by atoms with E-state index in [0.29, 0.717) is 0 Å². The Balaban J connectivity index is 1.48. The quantitative estimate of drug-likeness (QED) is 0.518. The minimum Gasteiger partial charge on any atom is -0.335 e. The second-order valence-corrected chi connectivity index (χ2v) is 9.49. The van der Waals surface area contributed by atoms with E-state index in [-0.39, 0.29) is 0 Å². The summed E-state index contributed by atoms with van der Waals surface area (Å²) in [5, 5.41) is 2.66. The van der Waals surface area contributed by atoms with Crippen LogP contribution in [0.1, 0.15) is 30.5 Å². The molecule has 3 aromatic rings. The summed E-state index contributed by atoms with van der Waals surface area (Å²) in [4.78, 5) is 6.52. The van der Waals surface area contributed by atoms with E-state index < -0.39 is 0 Å². The molecule has 0 amide bonds. The van der Waals surface area contributed by atoms with Crippen molar-refractivity contribution in [2.24, 2.45) is 7.05 Å². The van der Waals surface area contributed by atoms with E-state index in [9.17, 15) is 0 Å². The van der Waals surface area contributed by atoms with Gasteiger partial charge in [0.15, 0.2) is 5.69 Å². The number of thioether (sulfide) groups is 1. The van der Waals surface area contributed by atoms with E-state index in [1.165, 1.54) is 76.7 Å². The van der Waals surface area contributed by atoms with Crippen molar-refractivity contribution in [2.75, 3.05) is 31.1 Å². The molecule has 4 heteroatoms. The molecule has 0 saturated carbocycles. The van der Waals surface area contributed by atoms with Crippen LogP contribution < -0.4 is 9.47 Å². The van der Waals surface area contributed by atoms with Gasteiger partial charge >= 0.3 is 0 Å². The fraction of sp³-hybridized carbons (Fsp3) is 0.346. The number of pyridine rings is 1. The number of anilines is 1. The van der Waals surface area contributed by atoms with E-state index in [2.05, 4.69) is 89.0 Å². The highest BCUT2D eigenvalue weighted by Gasteiger charge is 2.25. The molecule has 1 saturated heterocycles. The van der Waals surface area contributed by atoms with Crippen LogP contribution in [0, 0.1) is 6.92 Å². The van der Waals surface area contributed by atoms with Crippen LogP contribution in [0.5, 0.6) is 0 Å². The molecular formula is C26H30N3S+. The van der Waals surface area contributed by atoms with Crippen LogP contribution in [0.15, 0.2) is 64.5 Å². The molecule has 2 aliphatic rings. The zero-order chi connectivity index (χ0) is 20.5. The molecule has 154 valence electrons. The third kappa shape index (κ3) is 3.75. The van der Waals surface area contributed by atoms with Crippen LogP contribution in [0.4, 0.5) is 5.69 Å². The maximum Gasteiger partial charge on any atom is 0.213 e. The molecule has 5 rings (SSSR count). The Labute approximate surface area is 184 Å². The van der Waals surface area contributed by atoms with Gasteiger partial charge in [-0.1, -0.05) is 36.0 Å². The molecule has 0 aliphatic carbocycles. The van der Waals surface area contributed by atoms with Crippen LogP contribution in [0.25, 0.3) is 17.0 Å². The van der Waals surface area contributed by atoms with Crippen LogP contribution >= 0.6 is 11.8 Å². The molecule has 0 N–H and O–H groups in total. The molecule has 1 fully saturated rings. The second-order valence-electron chi connectivity index (χ2n) is 8.42. The largest absolute Gasteiger partial charge is 0.335 e. The number of hydrogen-bond donors (Lipinski definition) is 0. The maximum atomic E-state index is 2.62. The van der Waals surface area contributed by atoms with Gasteiger partial charge in [0.1, 0.15) is 7.05 Å². The summed E-state index contributed by atoms with van der Waals surface area (Å²) in [5.41, 5.74) is 5.23. The van der Waals surface area contributed by atoms with Gasteiger partial charge in [0.2, 0.25) is 5.52 Å². The molecule has 2 aromatic carbocycles. The van der Waals surface area contributed by atoms with Gasteiger partial charge < -0.3 is 9.80 Å². The van der Waals surface area contributed by atoms with Crippen molar-refractivity contribution in [3.8, 4) is 0 Å². The van der Waals surface area contributed by atoms with Crippen LogP contribution in [-0.2, 0) is 7.05 Å². The monoisotopic (exact) mass is 416 g/mol. The van der Waals surface area contributed by atoms with Crippen LogP contribution in [0.2, 0.25) is 0 Å². The molecule has 0 radical (unpaired) electrons. The third-order valence-corrected chi connectivity index (χ3v) is 7.55. The number of likely N-dealkylation sites (tertiary alicyclic amines) is 1. The minimum atomic E-state index is 1.07. The molecule has 30 heavy (non-hydrogen) atoms. The Morgan fingerprint density at radius 2 is 1.77 bits per heavy atom. The standard InChI is InChI=1S/C26H30N3S/c1-20-18-21(22-10-3-4-11-23(22)27(20)2)19-26-29(17-9-16-28-14-7-8-15-28)24-12-5-6-13-25(24)30-26/h3-6,10-13,18-19H,7-9,14-17H2,1-2H3/q+1. The van der Waals surface area contributed by atoms with Crippen LogP contribution in [-0.4, -0.2) is 31.1 Å². The number of para-hydroxylation sites is 2. The summed E-state index contributed by atoms with van der Waals surface area (Å²) >= 11 is 1.91. The second kappa shape index (κ2) is 8.44. The predicted molar refractivity (Wildman–Crippen MR) is 128 cm³/mol. The summed E-state index contributed by atoms with van der Waals surface area (Å²) in [6.07, 6.45) is 6.34. The van der Waals surface area contributed by atoms with Crippen molar-refractivity contribution in [3.63, 3.8) is 0 Å². The highest BCUT2D eigenvalue weighted by molar-refractivity contribution is 8.03. The molecular weight excluding hydrogens is 386 g/mol. The lowest BCUT2D eigenvalue weighted by atomic mass is 10.1. The van der Waals surface area contributed by atoms with Gasteiger partial charge in [0, 0.05) is 30.5 Å². The van der Waals surface area contributed by atoms with E-state index in [1.807, 2.05) is 11.8 Å². The zero-order valence-electron chi connectivity index (χ0n) is 18.0. The number of nitrogens with zero attached hydrogens (tertiary/aromatic N) is 3. The summed E-state index contributed by atoms with van der Waals surface area (Å²) < 4.78 is 2.28. The number of fused-ring (bicyclic) bond motifs is 2. The van der Waals surface area contributed by atoms with Crippen molar-refractivity contribution in [1.29, 1.82) is 0 Å². The van der Waals surface area contributed by atoms with E-state index in [0.717, 1.165) is 6.54 Å². The van der Waals surface area contributed by atoms with Crippen molar-refractivity contribution in [1.82, 2.24) is 4.90 Å². The number of aromatic nitrogens is 1. The van der Waals surface area contributed by atoms with Crippen LogP contribution in [0.3, 0.4) is 0 Å². The lowest BCUT2D eigenvalue weighted by Crippen LogP contribution is -2.33. The number of aryl methyl sites for hydroxylation is 2. The minimum absolute atomic E-state index is 1.07. The summed E-state index contributed by atoms with van der Waals surface area (Å²) in [7, 11) is 2.15. The number of benzene rings is 2. The Kier molecular flexibility index (Phi) is 5.53. The summed E-state index contributed by atoms with van der Waals surface area (Å²) in [6, 6.07) is 19.9. The van der Waals surface area contributed by atoms with Gasteiger partial charge in [-0.25, -0.2) is 0 Å². The molecule has 0 spiro atoms. The first-order valence-corrected chi connectivity index (χ1v) is 11.9.